The van der Waals surface area contributed by atoms with Crippen LogP contribution in [0.3, 0.4) is 0 Å². The molecule has 1 aromatic carbocycles. The van der Waals surface area contributed by atoms with Gasteiger partial charge in [0.15, 0.2) is 5.17 Å². The van der Waals surface area contributed by atoms with E-state index < -0.39 is 12.0 Å². The number of fused-ring (bicyclic) bond motifs is 1. The Bertz CT molecular complexity index is 812. The summed E-state index contributed by atoms with van der Waals surface area (Å²) in [5, 5.41) is 0.429. The predicted octanol–water partition coefficient (Wildman–Crippen LogP) is 3.63. The Balaban J connectivity index is 2.02. The molecule has 5 nitrogen and oxygen atoms in total. The highest BCUT2D eigenvalue weighted by Crippen LogP contribution is 2.36. The molecular weight excluding hydrogens is 348 g/mol. The van der Waals surface area contributed by atoms with E-state index in [1.54, 1.807) is 25.7 Å². The van der Waals surface area contributed by atoms with Crippen LogP contribution >= 0.6 is 11.8 Å². The van der Waals surface area contributed by atoms with Crippen molar-refractivity contribution in [3.05, 3.63) is 53.2 Å². The lowest BCUT2D eigenvalue weighted by Crippen LogP contribution is -2.45. The minimum absolute atomic E-state index is 0.0428. The monoisotopic (exact) mass is 370 g/mol. The number of carbonyl (C=O) groups excluding carboxylic acids is 2. The number of amides is 1. The molecule has 2 unspecified atom stereocenters. The summed E-state index contributed by atoms with van der Waals surface area (Å²) in [4.78, 5) is 31.5. The summed E-state index contributed by atoms with van der Waals surface area (Å²) in [6.45, 7) is 7.25. The summed E-state index contributed by atoms with van der Waals surface area (Å²) in [5.74, 6) is -0.473. The van der Waals surface area contributed by atoms with Crippen molar-refractivity contribution in [1.29, 1.82) is 0 Å². The minimum Gasteiger partial charge on any atom is -0.459 e. The molecule has 2 aliphatic rings. The van der Waals surface area contributed by atoms with Crippen LogP contribution in [0.25, 0.3) is 6.08 Å². The highest BCUT2D eigenvalue weighted by molar-refractivity contribution is 8.15. The molecule has 2 heterocycles. The Hall–Kier alpha value is -2.34. The first kappa shape index (κ1) is 18.5. The lowest BCUT2D eigenvalue weighted by Gasteiger charge is -2.31. The molecule has 1 saturated heterocycles. The number of nitrogens with zero attached hydrogens (tertiary/aromatic N) is 2. The molecule has 26 heavy (non-hydrogen) atoms. The molecule has 0 spiro atoms. The third kappa shape index (κ3) is 3.60. The summed E-state index contributed by atoms with van der Waals surface area (Å²) >= 11 is 1.42. The van der Waals surface area contributed by atoms with Crippen LogP contribution in [0.15, 0.2) is 52.7 Å². The molecule has 0 saturated carbocycles. The number of amidine groups is 1. The smallest absolute Gasteiger partial charge is 0.338 e. The Kier molecular flexibility index (Phi) is 5.32. The third-order valence-electron chi connectivity index (χ3n) is 4.13. The molecule has 1 aromatic rings. The summed E-state index contributed by atoms with van der Waals surface area (Å²) in [5.41, 5.74) is 2.01. The van der Waals surface area contributed by atoms with E-state index >= 15 is 0 Å². The number of hydrogen-bond acceptors (Lipinski definition) is 5. The third-order valence-corrected chi connectivity index (χ3v) is 5.19. The standard InChI is InChI=1S/C20H22N2O3S/c1-12(2)25-19(24)17-13(3)21-20-22(18(23)14(4)26-20)16(17)11-10-15-8-6-5-7-9-15/h5-12,14,16H,1-4H3. The van der Waals surface area contributed by atoms with Gasteiger partial charge >= 0.3 is 5.97 Å². The van der Waals surface area contributed by atoms with Crippen molar-refractivity contribution in [2.75, 3.05) is 0 Å². The number of esters is 1. The van der Waals surface area contributed by atoms with Crippen molar-refractivity contribution in [3.63, 3.8) is 0 Å². The number of rotatable bonds is 4. The van der Waals surface area contributed by atoms with Crippen molar-refractivity contribution in [2.45, 2.75) is 45.1 Å². The van der Waals surface area contributed by atoms with Crippen LogP contribution in [0.2, 0.25) is 0 Å². The maximum absolute atomic E-state index is 12.7. The lowest BCUT2D eigenvalue weighted by atomic mass is 10.00. The lowest BCUT2D eigenvalue weighted by molar-refractivity contribution is -0.143. The van der Waals surface area contributed by atoms with E-state index in [0.717, 1.165) is 5.56 Å². The second kappa shape index (κ2) is 7.50. The quantitative estimate of drug-likeness (QED) is 0.760. The van der Waals surface area contributed by atoms with Crippen LogP contribution in [0.5, 0.6) is 0 Å². The first-order valence-electron chi connectivity index (χ1n) is 8.62. The van der Waals surface area contributed by atoms with Gasteiger partial charge in [0.05, 0.1) is 28.7 Å². The predicted molar refractivity (Wildman–Crippen MR) is 105 cm³/mol. The van der Waals surface area contributed by atoms with Gasteiger partial charge in [0.1, 0.15) is 0 Å². The zero-order valence-corrected chi connectivity index (χ0v) is 16.1. The number of carbonyl (C=O) groups is 2. The molecule has 0 aromatic heterocycles. The maximum Gasteiger partial charge on any atom is 0.338 e. The number of allylic oxidation sites excluding steroid dienone is 1. The number of aliphatic imine (C=N–C) groups is 1. The first-order chi connectivity index (χ1) is 12.4. The summed E-state index contributed by atoms with van der Waals surface area (Å²) in [7, 11) is 0. The van der Waals surface area contributed by atoms with Crippen molar-refractivity contribution in [1.82, 2.24) is 4.90 Å². The molecule has 136 valence electrons. The van der Waals surface area contributed by atoms with E-state index in [1.165, 1.54) is 11.8 Å². The highest BCUT2D eigenvalue weighted by Gasteiger charge is 2.44. The zero-order chi connectivity index (χ0) is 18.8. The van der Waals surface area contributed by atoms with Gasteiger partial charge in [-0.3, -0.25) is 9.69 Å². The Morgan fingerprint density at radius 3 is 2.65 bits per heavy atom. The molecule has 0 bridgehead atoms. The van der Waals surface area contributed by atoms with Crippen LogP contribution in [-0.4, -0.2) is 39.3 Å². The van der Waals surface area contributed by atoms with Crippen LogP contribution in [-0.2, 0) is 14.3 Å². The Labute approximate surface area is 157 Å². The average Bonchev–Trinajstić information content (AvgIpc) is 2.86. The Morgan fingerprint density at radius 1 is 1.31 bits per heavy atom. The second-order valence-corrected chi connectivity index (χ2v) is 7.84. The summed E-state index contributed by atoms with van der Waals surface area (Å²) in [6.07, 6.45) is 3.56. The first-order valence-corrected chi connectivity index (χ1v) is 9.50. The average molecular weight is 370 g/mol. The number of ether oxygens (including phenoxy) is 1. The molecule has 0 radical (unpaired) electrons. The van der Waals surface area contributed by atoms with Crippen LogP contribution in [0, 0.1) is 0 Å². The zero-order valence-electron chi connectivity index (χ0n) is 15.3. The number of thioether (sulfide) groups is 1. The van der Waals surface area contributed by atoms with Crippen molar-refractivity contribution in [3.8, 4) is 0 Å². The largest absolute Gasteiger partial charge is 0.459 e. The van der Waals surface area contributed by atoms with Crippen molar-refractivity contribution >= 4 is 34.9 Å². The van der Waals surface area contributed by atoms with E-state index in [9.17, 15) is 9.59 Å². The van der Waals surface area contributed by atoms with Crippen molar-refractivity contribution < 1.29 is 14.3 Å². The molecule has 2 atom stereocenters. The van der Waals surface area contributed by atoms with E-state index in [-0.39, 0.29) is 17.3 Å². The molecule has 2 aliphatic heterocycles. The van der Waals surface area contributed by atoms with Gasteiger partial charge in [-0.15, -0.1) is 0 Å². The van der Waals surface area contributed by atoms with E-state index in [0.29, 0.717) is 16.4 Å². The molecule has 0 aliphatic carbocycles. The van der Waals surface area contributed by atoms with E-state index in [1.807, 2.05) is 49.4 Å². The molecule has 1 fully saturated rings. The van der Waals surface area contributed by atoms with Gasteiger partial charge in [0.2, 0.25) is 5.91 Å². The van der Waals surface area contributed by atoms with Gasteiger partial charge in [-0.05, 0) is 33.3 Å². The van der Waals surface area contributed by atoms with Gasteiger partial charge in [0, 0.05) is 0 Å². The molecule has 1 amide bonds. The topological polar surface area (TPSA) is 59.0 Å². The van der Waals surface area contributed by atoms with E-state index in [2.05, 4.69) is 4.99 Å². The molecule has 3 rings (SSSR count). The van der Waals surface area contributed by atoms with Gasteiger partial charge in [-0.2, -0.15) is 0 Å². The van der Waals surface area contributed by atoms with Crippen LogP contribution in [0.4, 0.5) is 0 Å². The highest BCUT2D eigenvalue weighted by atomic mass is 32.2. The maximum atomic E-state index is 12.7. The minimum atomic E-state index is -0.515. The normalized spacial score (nSPS) is 22.9. The van der Waals surface area contributed by atoms with Crippen LogP contribution in [0.1, 0.15) is 33.3 Å². The molecule has 6 heteroatoms. The number of hydrogen-bond donors (Lipinski definition) is 0. The van der Waals surface area contributed by atoms with Gasteiger partial charge in [-0.1, -0.05) is 54.2 Å². The SMILES string of the molecule is CC1=C(C(=O)OC(C)C)C(C=Cc2ccccc2)N2C(=O)C(C)SC2=N1. The summed E-state index contributed by atoms with van der Waals surface area (Å²) < 4.78 is 5.41. The molecule has 0 N–H and O–H groups in total. The van der Waals surface area contributed by atoms with Crippen molar-refractivity contribution in [2.24, 2.45) is 4.99 Å². The van der Waals surface area contributed by atoms with Gasteiger partial charge in [-0.25, -0.2) is 9.79 Å². The fourth-order valence-electron chi connectivity index (χ4n) is 2.93. The summed E-state index contributed by atoms with van der Waals surface area (Å²) in [6, 6.07) is 9.27. The fraction of sp³-hybridized carbons (Fsp3) is 0.350. The van der Waals surface area contributed by atoms with Gasteiger partial charge in [0.25, 0.3) is 0 Å². The fourth-order valence-corrected chi connectivity index (χ4v) is 3.97. The van der Waals surface area contributed by atoms with E-state index in [4.69, 9.17) is 4.74 Å². The second-order valence-electron chi connectivity index (χ2n) is 6.53. The molecular formula is C20H22N2O3S. The number of benzene rings is 1. The van der Waals surface area contributed by atoms with Crippen LogP contribution < -0.4 is 0 Å². The van der Waals surface area contributed by atoms with Gasteiger partial charge < -0.3 is 4.74 Å². The Morgan fingerprint density at radius 2 is 2.00 bits per heavy atom.